The maximum Gasteiger partial charge on any atom is 0.294 e. The Bertz CT molecular complexity index is 953. The lowest BCUT2D eigenvalue weighted by atomic mass is 9.85. The zero-order chi connectivity index (χ0) is 20.8. The summed E-state index contributed by atoms with van der Waals surface area (Å²) in [7, 11) is 0. The van der Waals surface area contributed by atoms with Gasteiger partial charge in [-0.3, -0.25) is 19.7 Å². The van der Waals surface area contributed by atoms with Gasteiger partial charge in [0.15, 0.2) is 0 Å². The normalized spacial score (nSPS) is 29.3. The molecule has 156 valence electrons. The molecule has 1 aliphatic heterocycles. The van der Waals surface area contributed by atoms with Crippen LogP contribution in [0.2, 0.25) is 0 Å². The Morgan fingerprint density at radius 3 is 2.47 bits per heavy atom. The van der Waals surface area contributed by atoms with Crippen LogP contribution >= 0.6 is 0 Å². The first-order chi connectivity index (χ1) is 14.5. The van der Waals surface area contributed by atoms with Crippen LogP contribution in [0.3, 0.4) is 0 Å². The van der Waals surface area contributed by atoms with E-state index in [1.165, 1.54) is 29.4 Å². The molecule has 2 bridgehead atoms. The molecule has 7 heteroatoms. The van der Waals surface area contributed by atoms with Gasteiger partial charge in [-0.15, -0.1) is 0 Å². The van der Waals surface area contributed by atoms with Gasteiger partial charge in [0.1, 0.15) is 5.69 Å². The van der Waals surface area contributed by atoms with E-state index >= 15 is 0 Å². The van der Waals surface area contributed by atoms with Crippen LogP contribution < -0.4 is 10.2 Å². The number of nitro groups is 1. The van der Waals surface area contributed by atoms with E-state index in [-0.39, 0.29) is 41.2 Å². The number of imide groups is 1. The van der Waals surface area contributed by atoms with Gasteiger partial charge in [-0.25, -0.2) is 4.90 Å². The van der Waals surface area contributed by atoms with E-state index in [1.54, 1.807) is 12.1 Å². The van der Waals surface area contributed by atoms with E-state index in [0.29, 0.717) is 17.9 Å². The maximum absolute atomic E-state index is 13.0. The first kappa shape index (κ1) is 19.0. The van der Waals surface area contributed by atoms with E-state index in [2.05, 4.69) is 11.4 Å². The molecule has 3 aliphatic carbocycles. The number of allylic oxidation sites excluding steroid dienone is 3. The molecular weight excluding hydrogens is 382 g/mol. The van der Waals surface area contributed by atoms with Gasteiger partial charge in [0.25, 0.3) is 5.69 Å². The smallest absolute Gasteiger partial charge is 0.294 e. The average Bonchev–Trinajstić information content (AvgIpc) is 3.43. The van der Waals surface area contributed by atoms with Crippen LogP contribution in [0, 0.1) is 33.8 Å². The summed E-state index contributed by atoms with van der Waals surface area (Å²) in [6.07, 6.45) is 12.7. The Morgan fingerprint density at radius 2 is 1.83 bits per heavy atom. The SMILES string of the molecule is O=C1[C@@H]2[C@H](C(=O)N1c1ccc(NCCC3=CCCCC3)c([N+](=O)[O-])c1)[C@H]1C=C[C@H]2C1. The summed E-state index contributed by atoms with van der Waals surface area (Å²) in [5, 5.41) is 14.8. The second-order valence-electron chi connectivity index (χ2n) is 8.76. The summed E-state index contributed by atoms with van der Waals surface area (Å²) in [5.74, 6) is -0.832. The number of hydrogen-bond donors (Lipinski definition) is 1. The van der Waals surface area contributed by atoms with Crippen molar-refractivity contribution in [1.29, 1.82) is 0 Å². The predicted molar refractivity (Wildman–Crippen MR) is 113 cm³/mol. The minimum Gasteiger partial charge on any atom is -0.379 e. The molecule has 1 saturated heterocycles. The molecule has 7 nitrogen and oxygen atoms in total. The third-order valence-electron chi connectivity index (χ3n) is 7.05. The highest BCUT2D eigenvalue weighted by Crippen LogP contribution is 2.53. The minimum atomic E-state index is -0.456. The van der Waals surface area contributed by atoms with E-state index in [9.17, 15) is 19.7 Å². The molecule has 0 unspecified atom stereocenters. The van der Waals surface area contributed by atoms with Gasteiger partial charge in [-0.2, -0.15) is 0 Å². The molecule has 4 atom stereocenters. The van der Waals surface area contributed by atoms with Gasteiger partial charge >= 0.3 is 0 Å². The number of anilines is 2. The van der Waals surface area contributed by atoms with Crippen molar-refractivity contribution in [3.05, 3.63) is 52.1 Å². The highest BCUT2D eigenvalue weighted by Gasteiger charge is 2.59. The van der Waals surface area contributed by atoms with Crippen LogP contribution in [0.15, 0.2) is 42.0 Å². The molecule has 0 aromatic heterocycles. The summed E-state index contributed by atoms with van der Waals surface area (Å²) in [4.78, 5) is 38.4. The van der Waals surface area contributed by atoms with E-state index in [4.69, 9.17) is 0 Å². The van der Waals surface area contributed by atoms with Crippen molar-refractivity contribution in [2.75, 3.05) is 16.8 Å². The molecule has 0 spiro atoms. The number of carbonyl (C=O) groups is 2. The minimum absolute atomic E-state index is 0.108. The lowest BCUT2D eigenvalue weighted by Gasteiger charge is -2.18. The fraction of sp³-hybridized carbons (Fsp3) is 0.478. The van der Waals surface area contributed by atoms with Crippen LogP contribution in [-0.4, -0.2) is 23.3 Å². The van der Waals surface area contributed by atoms with E-state index in [0.717, 1.165) is 25.7 Å². The predicted octanol–water partition coefficient (Wildman–Crippen LogP) is 4.21. The van der Waals surface area contributed by atoms with Crippen LogP contribution in [0.4, 0.5) is 17.1 Å². The molecule has 2 amide bonds. The van der Waals surface area contributed by atoms with Crippen molar-refractivity contribution in [3.8, 4) is 0 Å². The lowest BCUT2D eigenvalue weighted by Crippen LogP contribution is -2.32. The van der Waals surface area contributed by atoms with Crippen molar-refractivity contribution in [2.45, 2.75) is 38.5 Å². The third-order valence-corrected chi connectivity index (χ3v) is 7.05. The third kappa shape index (κ3) is 3.04. The molecule has 1 saturated carbocycles. The van der Waals surface area contributed by atoms with E-state index < -0.39 is 4.92 Å². The fourth-order valence-electron chi connectivity index (χ4n) is 5.61. The van der Waals surface area contributed by atoms with Crippen LogP contribution in [0.5, 0.6) is 0 Å². The number of carbonyl (C=O) groups excluding carboxylic acids is 2. The number of fused-ring (bicyclic) bond motifs is 5. The first-order valence-corrected chi connectivity index (χ1v) is 10.8. The molecule has 2 fully saturated rings. The van der Waals surface area contributed by atoms with Crippen LogP contribution in [0.25, 0.3) is 0 Å². The zero-order valence-electron chi connectivity index (χ0n) is 16.8. The highest BCUT2D eigenvalue weighted by atomic mass is 16.6. The van der Waals surface area contributed by atoms with Crippen molar-refractivity contribution in [2.24, 2.45) is 23.7 Å². The zero-order valence-corrected chi connectivity index (χ0v) is 16.8. The summed E-state index contributed by atoms with van der Waals surface area (Å²) in [5.41, 5.74) is 2.01. The summed E-state index contributed by atoms with van der Waals surface area (Å²) >= 11 is 0. The molecule has 0 radical (unpaired) electrons. The highest BCUT2D eigenvalue weighted by molar-refractivity contribution is 6.23. The Morgan fingerprint density at radius 1 is 1.10 bits per heavy atom. The standard InChI is InChI=1S/C23H25N3O4/c27-22-20-15-6-7-16(12-15)21(20)23(28)25(22)17-8-9-18(19(13-17)26(29)30)24-11-10-14-4-2-1-3-5-14/h4,6-9,13,15-16,20-21,24H,1-3,5,10-12H2/t15-,16-,20-,21+/m0/s1. The van der Waals surface area contributed by atoms with E-state index in [1.807, 2.05) is 12.2 Å². The lowest BCUT2D eigenvalue weighted by molar-refractivity contribution is -0.383. The Labute approximate surface area is 175 Å². The van der Waals surface area contributed by atoms with Crippen molar-refractivity contribution in [1.82, 2.24) is 0 Å². The number of amides is 2. The largest absolute Gasteiger partial charge is 0.379 e. The van der Waals surface area contributed by atoms with Crippen molar-refractivity contribution >= 4 is 28.9 Å². The second kappa shape index (κ2) is 7.38. The quantitative estimate of drug-likeness (QED) is 0.330. The number of rotatable bonds is 6. The maximum atomic E-state index is 13.0. The summed E-state index contributed by atoms with van der Waals surface area (Å²) < 4.78 is 0. The van der Waals surface area contributed by atoms with Gasteiger partial charge in [0, 0.05) is 12.6 Å². The van der Waals surface area contributed by atoms with Gasteiger partial charge < -0.3 is 5.32 Å². The molecule has 1 aromatic carbocycles. The topological polar surface area (TPSA) is 92.6 Å². The van der Waals surface area contributed by atoms with Crippen molar-refractivity contribution < 1.29 is 14.5 Å². The Hall–Kier alpha value is -2.96. The fourth-order valence-corrected chi connectivity index (χ4v) is 5.61. The van der Waals surface area contributed by atoms with Crippen LogP contribution in [0.1, 0.15) is 38.5 Å². The average molecular weight is 407 g/mol. The van der Waals surface area contributed by atoms with Crippen molar-refractivity contribution in [3.63, 3.8) is 0 Å². The van der Waals surface area contributed by atoms with Crippen LogP contribution in [-0.2, 0) is 9.59 Å². The molecule has 5 rings (SSSR count). The van der Waals surface area contributed by atoms with Gasteiger partial charge in [-0.05, 0) is 62.5 Å². The molecular formula is C23H25N3O4. The summed E-state index contributed by atoms with van der Waals surface area (Å²) in [6, 6.07) is 4.61. The number of nitrogens with one attached hydrogen (secondary N) is 1. The second-order valence-corrected chi connectivity index (χ2v) is 8.76. The molecule has 4 aliphatic rings. The van der Waals surface area contributed by atoms with Gasteiger partial charge in [-0.1, -0.05) is 23.8 Å². The number of nitro benzene ring substituents is 1. The molecule has 1 N–H and O–H groups in total. The number of benzene rings is 1. The Kier molecular flexibility index (Phi) is 4.68. The monoisotopic (exact) mass is 407 g/mol. The molecule has 1 heterocycles. The van der Waals surface area contributed by atoms with Gasteiger partial charge in [0.05, 0.1) is 22.4 Å². The summed E-state index contributed by atoms with van der Waals surface area (Å²) in [6.45, 7) is 0.618. The Balaban J connectivity index is 1.35. The first-order valence-electron chi connectivity index (χ1n) is 10.8. The molecule has 30 heavy (non-hydrogen) atoms. The van der Waals surface area contributed by atoms with Gasteiger partial charge in [0.2, 0.25) is 11.8 Å². The number of hydrogen-bond acceptors (Lipinski definition) is 5. The number of nitrogens with zero attached hydrogens (tertiary/aromatic N) is 2. The molecule has 1 aromatic rings.